The summed E-state index contributed by atoms with van der Waals surface area (Å²) in [7, 11) is 0. The van der Waals surface area contributed by atoms with E-state index >= 15 is 0 Å². The summed E-state index contributed by atoms with van der Waals surface area (Å²) in [5, 5.41) is 4.85. The van der Waals surface area contributed by atoms with Gasteiger partial charge in [0.05, 0.1) is 16.7 Å². The highest BCUT2D eigenvalue weighted by Gasteiger charge is 2.22. The van der Waals surface area contributed by atoms with Crippen LogP contribution in [0.3, 0.4) is 0 Å². The van der Waals surface area contributed by atoms with Crippen LogP contribution in [0.25, 0.3) is 82.8 Å². The van der Waals surface area contributed by atoms with Crippen LogP contribution in [0.2, 0.25) is 0 Å². The Hall–Kier alpha value is -7.94. The summed E-state index contributed by atoms with van der Waals surface area (Å²) in [6.45, 7) is 0. The summed E-state index contributed by atoms with van der Waals surface area (Å²) in [5.41, 5.74) is 16.4. The first-order valence-corrected chi connectivity index (χ1v) is 20.6. The Kier molecular flexibility index (Phi) is 8.87. The van der Waals surface area contributed by atoms with Crippen molar-refractivity contribution in [2.24, 2.45) is 0 Å². The van der Waals surface area contributed by atoms with Gasteiger partial charge in [-0.15, -0.1) is 0 Å². The standard InChI is InChI=1S/C58H40N2/c1-5-18-41(19-6-1)42-32-34-46(35-33-42)59(55-39-38-49(44-22-9-3-10-23-44)50-27-15-16-29-52(50)55)47-36-37-54-57(40-47)60(45-24-11-4-12-25-45)56-31-17-30-53(58(54)56)51-28-14-13-26-48(51)43-20-7-2-8-21-43/h1-40H. The van der Waals surface area contributed by atoms with E-state index in [1.807, 2.05) is 0 Å². The van der Waals surface area contributed by atoms with Gasteiger partial charge in [0.1, 0.15) is 0 Å². The fourth-order valence-electron chi connectivity index (χ4n) is 9.07. The molecule has 0 unspecified atom stereocenters. The number of hydrogen-bond donors (Lipinski definition) is 0. The van der Waals surface area contributed by atoms with Crippen LogP contribution in [0.1, 0.15) is 0 Å². The van der Waals surface area contributed by atoms with Gasteiger partial charge in [0.25, 0.3) is 0 Å². The lowest BCUT2D eigenvalue weighted by Gasteiger charge is -2.28. The van der Waals surface area contributed by atoms with E-state index in [1.54, 1.807) is 0 Å². The number of rotatable bonds is 8. The number of anilines is 3. The van der Waals surface area contributed by atoms with Crippen LogP contribution < -0.4 is 4.90 Å². The molecule has 1 heterocycles. The molecule has 11 rings (SSSR count). The molecule has 0 saturated heterocycles. The molecule has 2 nitrogen and oxygen atoms in total. The molecule has 0 atom stereocenters. The molecule has 0 amide bonds. The Morgan fingerprint density at radius 2 is 0.817 bits per heavy atom. The highest BCUT2D eigenvalue weighted by atomic mass is 15.1. The Balaban J connectivity index is 1.17. The van der Waals surface area contributed by atoms with Gasteiger partial charge in [0.15, 0.2) is 0 Å². The Labute approximate surface area is 350 Å². The van der Waals surface area contributed by atoms with Gasteiger partial charge < -0.3 is 9.47 Å². The lowest BCUT2D eigenvalue weighted by atomic mass is 9.92. The Morgan fingerprint density at radius 3 is 1.52 bits per heavy atom. The van der Waals surface area contributed by atoms with Crippen LogP contribution in [-0.2, 0) is 0 Å². The third-order valence-corrected chi connectivity index (χ3v) is 11.8. The Bertz CT molecular complexity index is 3280. The van der Waals surface area contributed by atoms with E-state index < -0.39 is 0 Å². The maximum atomic E-state index is 2.44. The summed E-state index contributed by atoms with van der Waals surface area (Å²) in [5.74, 6) is 0. The van der Waals surface area contributed by atoms with Crippen molar-refractivity contribution in [2.45, 2.75) is 0 Å². The van der Waals surface area contributed by atoms with E-state index in [-0.39, 0.29) is 0 Å². The number of benzene rings is 10. The van der Waals surface area contributed by atoms with E-state index in [0.29, 0.717) is 0 Å². The van der Waals surface area contributed by atoms with Crippen molar-refractivity contribution in [1.82, 2.24) is 4.57 Å². The van der Waals surface area contributed by atoms with Gasteiger partial charge in [0, 0.05) is 33.2 Å². The maximum Gasteiger partial charge on any atom is 0.0562 e. The number of hydrogen-bond acceptors (Lipinski definition) is 1. The zero-order chi connectivity index (χ0) is 39.8. The monoisotopic (exact) mass is 764 g/mol. The minimum absolute atomic E-state index is 1.08. The van der Waals surface area contributed by atoms with E-state index in [1.165, 1.54) is 71.6 Å². The SMILES string of the molecule is c1ccc(-c2ccc(N(c3ccc4c5c(-c6ccccc6-c6ccccc6)cccc5n(-c5ccccc5)c4c3)c3ccc(-c4ccccc4)c4ccccc34)cc2)cc1. The van der Waals surface area contributed by atoms with Crippen molar-refractivity contribution >= 4 is 49.6 Å². The minimum atomic E-state index is 1.08. The molecule has 282 valence electrons. The molecule has 0 aliphatic carbocycles. The van der Waals surface area contributed by atoms with Crippen LogP contribution in [-0.4, -0.2) is 4.57 Å². The molecular formula is C58H40N2. The smallest absolute Gasteiger partial charge is 0.0562 e. The second-order valence-corrected chi connectivity index (χ2v) is 15.3. The first-order valence-electron chi connectivity index (χ1n) is 20.6. The fourth-order valence-corrected chi connectivity index (χ4v) is 9.07. The molecule has 0 spiro atoms. The summed E-state index contributed by atoms with van der Waals surface area (Å²) < 4.78 is 2.44. The molecule has 60 heavy (non-hydrogen) atoms. The quantitative estimate of drug-likeness (QED) is 0.150. The van der Waals surface area contributed by atoms with Gasteiger partial charge in [-0.25, -0.2) is 0 Å². The van der Waals surface area contributed by atoms with Crippen molar-refractivity contribution in [1.29, 1.82) is 0 Å². The maximum absolute atomic E-state index is 2.44. The predicted octanol–water partition coefficient (Wildman–Crippen LogP) is 16.1. The molecule has 2 heteroatoms. The van der Waals surface area contributed by atoms with Gasteiger partial charge in [-0.05, 0) is 98.4 Å². The molecule has 0 radical (unpaired) electrons. The third kappa shape index (κ3) is 6.14. The lowest BCUT2D eigenvalue weighted by molar-refractivity contribution is 1.18. The van der Waals surface area contributed by atoms with Crippen LogP contribution in [0, 0.1) is 0 Å². The first-order chi connectivity index (χ1) is 29.8. The number of para-hydroxylation sites is 1. The average molecular weight is 765 g/mol. The second kappa shape index (κ2) is 15.1. The number of aromatic nitrogens is 1. The van der Waals surface area contributed by atoms with E-state index in [2.05, 4.69) is 252 Å². The predicted molar refractivity (Wildman–Crippen MR) is 255 cm³/mol. The highest BCUT2D eigenvalue weighted by molar-refractivity contribution is 6.18. The number of fused-ring (bicyclic) bond motifs is 4. The van der Waals surface area contributed by atoms with Crippen molar-refractivity contribution in [3.05, 3.63) is 243 Å². The van der Waals surface area contributed by atoms with Crippen LogP contribution in [0.5, 0.6) is 0 Å². The van der Waals surface area contributed by atoms with Crippen molar-refractivity contribution in [2.75, 3.05) is 4.90 Å². The lowest BCUT2D eigenvalue weighted by Crippen LogP contribution is -2.11. The topological polar surface area (TPSA) is 8.17 Å². The summed E-state index contributed by atoms with van der Waals surface area (Å²) in [6.07, 6.45) is 0. The first kappa shape index (κ1) is 35.2. The summed E-state index contributed by atoms with van der Waals surface area (Å²) in [4.78, 5) is 2.43. The average Bonchev–Trinajstić information content (AvgIpc) is 3.67. The third-order valence-electron chi connectivity index (χ3n) is 11.8. The fraction of sp³-hybridized carbons (Fsp3) is 0. The second-order valence-electron chi connectivity index (χ2n) is 15.3. The van der Waals surface area contributed by atoms with Gasteiger partial charge in [-0.2, -0.15) is 0 Å². The molecule has 10 aromatic carbocycles. The summed E-state index contributed by atoms with van der Waals surface area (Å²) in [6, 6.07) is 87.9. The minimum Gasteiger partial charge on any atom is -0.310 e. The normalized spacial score (nSPS) is 11.3. The van der Waals surface area contributed by atoms with Crippen LogP contribution in [0.4, 0.5) is 17.1 Å². The molecule has 0 saturated carbocycles. The van der Waals surface area contributed by atoms with Crippen LogP contribution >= 0.6 is 0 Å². The van der Waals surface area contributed by atoms with Crippen LogP contribution in [0.15, 0.2) is 243 Å². The van der Waals surface area contributed by atoms with Crippen molar-refractivity contribution in [3.63, 3.8) is 0 Å². The molecule has 0 aliphatic rings. The summed E-state index contributed by atoms with van der Waals surface area (Å²) >= 11 is 0. The van der Waals surface area contributed by atoms with Crippen molar-refractivity contribution < 1.29 is 0 Å². The zero-order valence-electron chi connectivity index (χ0n) is 33.0. The highest BCUT2D eigenvalue weighted by Crippen LogP contribution is 2.46. The van der Waals surface area contributed by atoms with E-state index in [9.17, 15) is 0 Å². The van der Waals surface area contributed by atoms with Gasteiger partial charge in [0.2, 0.25) is 0 Å². The van der Waals surface area contributed by atoms with E-state index in [4.69, 9.17) is 0 Å². The molecule has 11 aromatic rings. The Morgan fingerprint density at radius 1 is 0.283 bits per heavy atom. The largest absolute Gasteiger partial charge is 0.310 e. The van der Waals surface area contributed by atoms with Crippen molar-refractivity contribution in [3.8, 4) is 50.2 Å². The molecular weight excluding hydrogens is 725 g/mol. The van der Waals surface area contributed by atoms with Gasteiger partial charge >= 0.3 is 0 Å². The zero-order valence-corrected chi connectivity index (χ0v) is 33.0. The molecule has 0 aliphatic heterocycles. The van der Waals surface area contributed by atoms with E-state index in [0.717, 1.165) is 28.3 Å². The van der Waals surface area contributed by atoms with Gasteiger partial charge in [-0.1, -0.05) is 194 Å². The molecule has 1 aromatic heterocycles. The molecule has 0 fully saturated rings. The molecule has 0 N–H and O–H groups in total. The van der Waals surface area contributed by atoms with Gasteiger partial charge in [-0.3, -0.25) is 0 Å². The molecule has 0 bridgehead atoms. The number of nitrogens with zero attached hydrogens (tertiary/aromatic N) is 2.